The molecule has 1 saturated heterocycles. The first kappa shape index (κ1) is 33.8. The standard InChI is InChI=1S/C30H41NO10/c1-19(2)25-18-40-30(37)31(25)29(36)21(4)28(41-22(5)33)27(35)17-24(23-9-6-8-20(3)16-23)26(34)10-7-12-38-14-15-39-13-11-32/h6,8-9,16-17,19,21,25,28,32H,7,10-15,18H2,1-5H3. The molecule has 3 unspecified atom stereocenters. The number of ether oxygens (including phenoxy) is 4. The number of imide groups is 1. The Morgan fingerprint density at radius 3 is 2.39 bits per heavy atom. The predicted octanol–water partition coefficient (Wildman–Crippen LogP) is 2.89. The maximum atomic E-state index is 13.6. The number of rotatable bonds is 17. The van der Waals surface area contributed by atoms with Gasteiger partial charge in [0.1, 0.15) is 6.61 Å². The molecule has 3 atom stereocenters. The Labute approximate surface area is 240 Å². The highest BCUT2D eigenvalue weighted by atomic mass is 16.6. The summed E-state index contributed by atoms with van der Waals surface area (Å²) in [6, 6.07) is 6.54. The van der Waals surface area contributed by atoms with Crippen molar-refractivity contribution in [3.05, 3.63) is 41.5 Å². The van der Waals surface area contributed by atoms with E-state index in [2.05, 4.69) is 0 Å². The van der Waals surface area contributed by atoms with Crippen molar-refractivity contribution >= 4 is 35.1 Å². The van der Waals surface area contributed by atoms with E-state index in [1.54, 1.807) is 18.2 Å². The van der Waals surface area contributed by atoms with Gasteiger partial charge in [0.2, 0.25) is 5.91 Å². The number of hydrogen-bond acceptors (Lipinski definition) is 10. The van der Waals surface area contributed by atoms with Crippen molar-refractivity contribution < 1.29 is 48.0 Å². The quantitative estimate of drug-likeness (QED) is 0.167. The molecule has 0 aliphatic carbocycles. The monoisotopic (exact) mass is 575 g/mol. The van der Waals surface area contributed by atoms with Crippen molar-refractivity contribution in [1.29, 1.82) is 0 Å². The maximum absolute atomic E-state index is 13.6. The van der Waals surface area contributed by atoms with Gasteiger partial charge in [0.15, 0.2) is 17.7 Å². The summed E-state index contributed by atoms with van der Waals surface area (Å²) in [5.41, 5.74) is 1.49. The molecule has 0 aromatic heterocycles. The highest BCUT2D eigenvalue weighted by molar-refractivity contribution is 6.25. The second kappa shape index (κ2) is 16.8. The first-order chi connectivity index (χ1) is 19.5. The summed E-state index contributed by atoms with van der Waals surface area (Å²) in [4.78, 5) is 65.5. The highest BCUT2D eigenvalue weighted by Gasteiger charge is 2.44. The number of allylic oxidation sites excluding steroid dienone is 1. The molecule has 1 aromatic rings. The van der Waals surface area contributed by atoms with Crippen LogP contribution >= 0.6 is 0 Å². The molecule has 0 spiro atoms. The Hall–Kier alpha value is -3.41. The van der Waals surface area contributed by atoms with Gasteiger partial charge in [-0.2, -0.15) is 0 Å². The molecule has 1 N–H and O–H groups in total. The van der Waals surface area contributed by atoms with Crippen LogP contribution in [0.1, 0.15) is 51.7 Å². The van der Waals surface area contributed by atoms with Crippen LogP contribution in [-0.4, -0.2) is 91.3 Å². The first-order valence-corrected chi connectivity index (χ1v) is 13.8. The molecule has 2 amide bonds. The van der Waals surface area contributed by atoms with Crippen LogP contribution in [0.15, 0.2) is 30.3 Å². The number of benzene rings is 1. The summed E-state index contributed by atoms with van der Waals surface area (Å²) < 4.78 is 20.9. The number of ketones is 2. The van der Waals surface area contributed by atoms with Crippen molar-refractivity contribution in [2.45, 2.75) is 59.6 Å². The van der Waals surface area contributed by atoms with Crippen molar-refractivity contribution in [3.63, 3.8) is 0 Å². The fourth-order valence-electron chi connectivity index (χ4n) is 4.33. The zero-order valence-corrected chi connectivity index (χ0v) is 24.4. The topological polar surface area (TPSA) is 146 Å². The van der Waals surface area contributed by atoms with Gasteiger partial charge in [0.25, 0.3) is 0 Å². The number of esters is 1. The molecule has 0 bridgehead atoms. The lowest BCUT2D eigenvalue weighted by atomic mass is 9.92. The number of aliphatic hydroxyl groups excluding tert-OH is 1. The van der Waals surface area contributed by atoms with Crippen LogP contribution in [0.2, 0.25) is 0 Å². The number of aryl methyl sites for hydroxylation is 1. The molecule has 11 heteroatoms. The van der Waals surface area contributed by atoms with Gasteiger partial charge < -0.3 is 24.1 Å². The molecular weight excluding hydrogens is 534 g/mol. The van der Waals surface area contributed by atoms with E-state index in [-0.39, 0.29) is 50.1 Å². The molecule has 2 rings (SSSR count). The lowest BCUT2D eigenvalue weighted by Gasteiger charge is -2.28. The van der Waals surface area contributed by atoms with Gasteiger partial charge in [0, 0.05) is 25.5 Å². The summed E-state index contributed by atoms with van der Waals surface area (Å²) >= 11 is 0. The molecule has 1 fully saturated rings. The lowest BCUT2D eigenvalue weighted by Crippen LogP contribution is -2.48. The number of nitrogens with zero attached hydrogens (tertiary/aromatic N) is 1. The number of aliphatic hydroxyl groups is 1. The number of carbonyl (C=O) groups excluding carboxylic acids is 5. The van der Waals surface area contributed by atoms with E-state index < -0.39 is 41.8 Å². The van der Waals surface area contributed by atoms with E-state index in [9.17, 15) is 24.0 Å². The smallest absolute Gasteiger partial charge is 0.416 e. The minimum atomic E-state index is -1.56. The van der Waals surface area contributed by atoms with E-state index >= 15 is 0 Å². The molecule has 11 nitrogen and oxygen atoms in total. The fraction of sp³-hybridized carbons (Fsp3) is 0.567. The number of hydrogen-bond donors (Lipinski definition) is 1. The minimum absolute atomic E-state index is 0.0342. The average molecular weight is 576 g/mol. The van der Waals surface area contributed by atoms with Crippen LogP contribution in [0, 0.1) is 18.8 Å². The molecule has 0 saturated carbocycles. The average Bonchev–Trinajstić information content (AvgIpc) is 3.32. The zero-order valence-electron chi connectivity index (χ0n) is 24.4. The Morgan fingerprint density at radius 1 is 1.10 bits per heavy atom. The van der Waals surface area contributed by atoms with Gasteiger partial charge in [-0.1, -0.05) is 43.7 Å². The van der Waals surface area contributed by atoms with Gasteiger partial charge in [-0.05, 0) is 37.8 Å². The van der Waals surface area contributed by atoms with Crippen molar-refractivity contribution in [1.82, 2.24) is 4.90 Å². The normalized spacial score (nSPS) is 16.9. The molecular formula is C30H41NO10. The molecule has 0 radical (unpaired) electrons. The lowest BCUT2D eigenvalue weighted by molar-refractivity contribution is -0.158. The Bertz CT molecular complexity index is 1110. The van der Waals surface area contributed by atoms with Gasteiger partial charge in [-0.3, -0.25) is 19.2 Å². The van der Waals surface area contributed by atoms with Gasteiger partial charge in [0.05, 0.1) is 38.4 Å². The van der Waals surface area contributed by atoms with Crippen LogP contribution in [0.5, 0.6) is 0 Å². The molecule has 41 heavy (non-hydrogen) atoms. The van der Waals surface area contributed by atoms with E-state index in [1.807, 2.05) is 26.8 Å². The maximum Gasteiger partial charge on any atom is 0.416 e. The SMILES string of the molecule is CC(=O)OC(C(=O)C=C(C(=O)CCCOCCOCCO)c1cccc(C)c1)C(C)C(=O)N1C(=O)OCC1C(C)C. The second-order valence-electron chi connectivity index (χ2n) is 10.2. The summed E-state index contributed by atoms with van der Waals surface area (Å²) in [7, 11) is 0. The third kappa shape index (κ3) is 10.2. The van der Waals surface area contributed by atoms with Gasteiger partial charge >= 0.3 is 12.1 Å². The Balaban J connectivity index is 2.27. The van der Waals surface area contributed by atoms with E-state index in [0.717, 1.165) is 23.5 Å². The zero-order chi connectivity index (χ0) is 30.5. The van der Waals surface area contributed by atoms with Crippen molar-refractivity contribution in [3.8, 4) is 0 Å². The number of Topliss-reactive ketones (excluding diaryl/α,β-unsaturated/α-hetero) is 1. The number of amides is 2. The molecule has 1 aliphatic rings. The predicted molar refractivity (Wildman–Crippen MR) is 149 cm³/mol. The summed E-state index contributed by atoms with van der Waals surface area (Å²) in [6.45, 7) is 9.14. The molecule has 1 heterocycles. The van der Waals surface area contributed by atoms with Gasteiger partial charge in [-0.15, -0.1) is 0 Å². The van der Waals surface area contributed by atoms with Crippen molar-refractivity contribution in [2.75, 3.05) is 39.6 Å². The third-order valence-corrected chi connectivity index (χ3v) is 6.55. The minimum Gasteiger partial charge on any atom is -0.453 e. The molecule has 1 aromatic carbocycles. The van der Waals surface area contributed by atoms with Crippen molar-refractivity contribution in [2.24, 2.45) is 11.8 Å². The highest BCUT2D eigenvalue weighted by Crippen LogP contribution is 2.26. The van der Waals surface area contributed by atoms with E-state index in [0.29, 0.717) is 25.2 Å². The third-order valence-electron chi connectivity index (χ3n) is 6.55. The van der Waals surface area contributed by atoms with E-state index in [4.69, 9.17) is 24.1 Å². The summed E-state index contributed by atoms with van der Waals surface area (Å²) in [5.74, 6) is -3.88. The molecule has 1 aliphatic heterocycles. The number of carbonyl (C=O) groups is 5. The number of cyclic esters (lactones) is 1. The van der Waals surface area contributed by atoms with Crippen LogP contribution in [-0.2, 0) is 38.1 Å². The van der Waals surface area contributed by atoms with Crippen LogP contribution in [0.25, 0.3) is 5.57 Å². The van der Waals surface area contributed by atoms with Crippen LogP contribution in [0.4, 0.5) is 4.79 Å². The first-order valence-electron chi connectivity index (χ1n) is 13.8. The van der Waals surface area contributed by atoms with Crippen LogP contribution < -0.4 is 0 Å². The van der Waals surface area contributed by atoms with E-state index in [1.165, 1.54) is 6.92 Å². The molecule has 226 valence electrons. The summed E-state index contributed by atoms with van der Waals surface area (Å²) in [5, 5.41) is 8.72. The van der Waals surface area contributed by atoms with Gasteiger partial charge in [-0.25, -0.2) is 9.69 Å². The Kier molecular flexibility index (Phi) is 13.8. The second-order valence-corrected chi connectivity index (χ2v) is 10.2. The fourth-order valence-corrected chi connectivity index (χ4v) is 4.33. The van der Waals surface area contributed by atoms with Crippen LogP contribution in [0.3, 0.4) is 0 Å². The summed E-state index contributed by atoms with van der Waals surface area (Å²) in [6.07, 6.45) is -0.807. The Morgan fingerprint density at radius 2 is 1.78 bits per heavy atom. The largest absolute Gasteiger partial charge is 0.453 e.